The number of aromatic nitrogens is 2. The first kappa shape index (κ1) is 16.6. The molecule has 126 valence electrons. The normalized spacial score (nSPS) is 10.3. The second-order valence-electron chi connectivity index (χ2n) is 5.60. The molecule has 1 amide bonds. The molecule has 5 heteroatoms. The maximum Gasteiger partial charge on any atom is 0.257 e. The number of para-hydroxylation sites is 1. The van der Waals surface area contributed by atoms with E-state index < -0.39 is 0 Å². The molecule has 0 saturated heterocycles. The summed E-state index contributed by atoms with van der Waals surface area (Å²) in [7, 11) is 0. The highest BCUT2D eigenvalue weighted by Gasteiger charge is 2.09. The van der Waals surface area contributed by atoms with Crippen LogP contribution in [0.4, 0.5) is 11.4 Å². The van der Waals surface area contributed by atoms with Gasteiger partial charge < -0.3 is 10.6 Å². The van der Waals surface area contributed by atoms with Gasteiger partial charge in [-0.3, -0.25) is 14.8 Å². The van der Waals surface area contributed by atoms with Crippen LogP contribution >= 0.6 is 0 Å². The number of rotatable bonds is 6. The maximum absolute atomic E-state index is 12.5. The Hall–Kier alpha value is -3.21. The number of hydrogen-bond acceptors (Lipinski definition) is 4. The number of pyridine rings is 2. The molecule has 0 fully saturated rings. The Morgan fingerprint density at radius 2 is 1.92 bits per heavy atom. The van der Waals surface area contributed by atoms with Gasteiger partial charge in [-0.15, -0.1) is 0 Å². The van der Waals surface area contributed by atoms with Crippen molar-refractivity contribution in [2.45, 2.75) is 19.9 Å². The molecule has 0 aliphatic rings. The molecule has 0 saturated carbocycles. The van der Waals surface area contributed by atoms with E-state index in [9.17, 15) is 4.79 Å². The van der Waals surface area contributed by atoms with E-state index in [0.717, 1.165) is 29.1 Å². The van der Waals surface area contributed by atoms with Crippen LogP contribution in [0.25, 0.3) is 0 Å². The van der Waals surface area contributed by atoms with Crippen LogP contribution in [0.5, 0.6) is 0 Å². The van der Waals surface area contributed by atoms with E-state index in [4.69, 9.17) is 0 Å². The van der Waals surface area contributed by atoms with E-state index in [-0.39, 0.29) is 5.91 Å². The predicted octanol–water partition coefficient (Wildman–Crippen LogP) is 3.90. The Balaban J connectivity index is 1.69. The lowest BCUT2D eigenvalue weighted by Crippen LogP contribution is -2.14. The average molecular weight is 332 g/mol. The Bertz CT molecular complexity index is 849. The van der Waals surface area contributed by atoms with Crippen LogP contribution in [0.3, 0.4) is 0 Å². The van der Waals surface area contributed by atoms with Gasteiger partial charge in [0.2, 0.25) is 0 Å². The summed E-state index contributed by atoms with van der Waals surface area (Å²) in [4.78, 5) is 20.9. The second-order valence-corrected chi connectivity index (χ2v) is 5.60. The van der Waals surface area contributed by atoms with Gasteiger partial charge in [-0.1, -0.05) is 31.2 Å². The van der Waals surface area contributed by atoms with E-state index in [2.05, 4.69) is 27.5 Å². The minimum Gasteiger partial charge on any atom is -0.378 e. The first-order chi connectivity index (χ1) is 12.3. The molecule has 3 rings (SSSR count). The number of aryl methyl sites for hydroxylation is 1. The minimum atomic E-state index is -0.171. The number of anilines is 2. The lowest BCUT2D eigenvalue weighted by Gasteiger charge is -2.11. The van der Waals surface area contributed by atoms with E-state index in [1.807, 2.05) is 42.5 Å². The third-order valence-electron chi connectivity index (χ3n) is 3.85. The number of nitrogens with one attached hydrogen (secondary N) is 2. The fraction of sp³-hybridized carbons (Fsp3) is 0.150. The van der Waals surface area contributed by atoms with Crippen molar-refractivity contribution in [1.29, 1.82) is 0 Å². The van der Waals surface area contributed by atoms with Gasteiger partial charge in [0.05, 0.1) is 23.5 Å². The SMILES string of the molecule is CCc1ccccc1NC(=O)c1cncc(NCc2ccccn2)c1. The van der Waals surface area contributed by atoms with Gasteiger partial charge in [-0.2, -0.15) is 0 Å². The third-order valence-corrected chi connectivity index (χ3v) is 3.85. The van der Waals surface area contributed by atoms with E-state index in [0.29, 0.717) is 12.1 Å². The Kier molecular flexibility index (Phi) is 5.36. The first-order valence-corrected chi connectivity index (χ1v) is 8.24. The van der Waals surface area contributed by atoms with Crippen molar-refractivity contribution in [1.82, 2.24) is 9.97 Å². The zero-order chi connectivity index (χ0) is 17.5. The highest BCUT2D eigenvalue weighted by molar-refractivity contribution is 6.04. The van der Waals surface area contributed by atoms with Crippen molar-refractivity contribution >= 4 is 17.3 Å². The van der Waals surface area contributed by atoms with Crippen LogP contribution in [0, 0.1) is 0 Å². The molecule has 3 aromatic rings. The van der Waals surface area contributed by atoms with Gasteiger partial charge in [0.25, 0.3) is 5.91 Å². The Morgan fingerprint density at radius 3 is 2.72 bits per heavy atom. The standard InChI is InChI=1S/C20H20N4O/c1-2-15-7-3-4-9-19(15)24-20(25)16-11-18(13-21-12-16)23-14-17-8-5-6-10-22-17/h3-13,23H,2,14H2,1H3,(H,24,25). The summed E-state index contributed by atoms with van der Waals surface area (Å²) in [5.74, 6) is -0.171. The summed E-state index contributed by atoms with van der Waals surface area (Å²) in [6.45, 7) is 2.64. The van der Waals surface area contributed by atoms with Gasteiger partial charge in [0.1, 0.15) is 0 Å². The second kappa shape index (κ2) is 8.06. The van der Waals surface area contributed by atoms with Gasteiger partial charge in [0, 0.05) is 24.3 Å². The molecular formula is C20H20N4O. The first-order valence-electron chi connectivity index (χ1n) is 8.24. The van der Waals surface area contributed by atoms with Crippen LogP contribution < -0.4 is 10.6 Å². The van der Waals surface area contributed by atoms with Crippen LogP contribution in [0.15, 0.2) is 67.1 Å². The summed E-state index contributed by atoms with van der Waals surface area (Å²) in [5, 5.41) is 6.20. The van der Waals surface area contributed by atoms with Crippen molar-refractivity contribution < 1.29 is 4.79 Å². The fourth-order valence-corrected chi connectivity index (χ4v) is 2.50. The highest BCUT2D eigenvalue weighted by Crippen LogP contribution is 2.17. The number of amides is 1. The third kappa shape index (κ3) is 4.41. The molecular weight excluding hydrogens is 312 g/mol. The summed E-state index contributed by atoms with van der Waals surface area (Å²) in [6, 6.07) is 15.4. The van der Waals surface area contributed by atoms with Gasteiger partial charge in [0.15, 0.2) is 0 Å². The van der Waals surface area contributed by atoms with Crippen molar-refractivity contribution in [3.8, 4) is 0 Å². The van der Waals surface area contributed by atoms with Gasteiger partial charge in [-0.25, -0.2) is 0 Å². The fourth-order valence-electron chi connectivity index (χ4n) is 2.50. The van der Waals surface area contributed by atoms with Crippen LogP contribution in [0.2, 0.25) is 0 Å². The van der Waals surface area contributed by atoms with Crippen molar-refractivity contribution in [3.05, 3.63) is 83.9 Å². The quantitative estimate of drug-likeness (QED) is 0.718. The molecule has 0 radical (unpaired) electrons. The van der Waals surface area contributed by atoms with Crippen LogP contribution in [-0.4, -0.2) is 15.9 Å². The Labute approximate surface area is 147 Å². The van der Waals surface area contributed by atoms with Crippen molar-refractivity contribution in [2.24, 2.45) is 0 Å². The molecule has 2 N–H and O–H groups in total. The number of benzene rings is 1. The number of hydrogen-bond donors (Lipinski definition) is 2. The summed E-state index contributed by atoms with van der Waals surface area (Å²) in [5.41, 5.74) is 4.16. The number of carbonyl (C=O) groups excluding carboxylic acids is 1. The molecule has 0 bridgehead atoms. The summed E-state index contributed by atoms with van der Waals surface area (Å²) < 4.78 is 0. The number of carbonyl (C=O) groups is 1. The molecule has 5 nitrogen and oxygen atoms in total. The van der Waals surface area contributed by atoms with Crippen LogP contribution in [-0.2, 0) is 13.0 Å². The van der Waals surface area contributed by atoms with Gasteiger partial charge in [-0.05, 0) is 36.2 Å². The molecule has 0 unspecified atom stereocenters. The van der Waals surface area contributed by atoms with E-state index >= 15 is 0 Å². The zero-order valence-corrected chi connectivity index (χ0v) is 14.1. The van der Waals surface area contributed by atoms with Gasteiger partial charge >= 0.3 is 0 Å². The smallest absolute Gasteiger partial charge is 0.257 e. The molecule has 2 heterocycles. The molecule has 0 aliphatic heterocycles. The van der Waals surface area contributed by atoms with E-state index in [1.165, 1.54) is 0 Å². The van der Waals surface area contributed by atoms with E-state index in [1.54, 1.807) is 24.7 Å². The van der Waals surface area contributed by atoms with Crippen molar-refractivity contribution in [3.63, 3.8) is 0 Å². The lowest BCUT2D eigenvalue weighted by atomic mass is 10.1. The average Bonchev–Trinajstić information content (AvgIpc) is 2.68. The monoisotopic (exact) mass is 332 g/mol. The molecule has 0 aliphatic carbocycles. The topological polar surface area (TPSA) is 66.9 Å². The maximum atomic E-state index is 12.5. The molecule has 0 spiro atoms. The predicted molar refractivity (Wildman–Crippen MR) is 99.6 cm³/mol. The minimum absolute atomic E-state index is 0.171. The Morgan fingerprint density at radius 1 is 1.08 bits per heavy atom. The summed E-state index contributed by atoms with van der Waals surface area (Å²) >= 11 is 0. The van der Waals surface area contributed by atoms with Crippen molar-refractivity contribution in [2.75, 3.05) is 10.6 Å². The molecule has 1 aromatic carbocycles. The highest BCUT2D eigenvalue weighted by atomic mass is 16.1. The largest absolute Gasteiger partial charge is 0.378 e. The molecule has 0 atom stereocenters. The zero-order valence-electron chi connectivity index (χ0n) is 14.1. The number of nitrogens with zero attached hydrogens (tertiary/aromatic N) is 2. The molecule has 2 aromatic heterocycles. The lowest BCUT2D eigenvalue weighted by molar-refractivity contribution is 0.102. The summed E-state index contributed by atoms with van der Waals surface area (Å²) in [6.07, 6.45) is 5.88. The molecule has 25 heavy (non-hydrogen) atoms. The van der Waals surface area contributed by atoms with Crippen LogP contribution in [0.1, 0.15) is 28.5 Å².